The summed E-state index contributed by atoms with van der Waals surface area (Å²) in [6.07, 6.45) is 6.36. The number of carbonyl (C=O) groups is 1. The predicted molar refractivity (Wildman–Crippen MR) is 89.7 cm³/mol. The summed E-state index contributed by atoms with van der Waals surface area (Å²) in [5.74, 6) is -0.0396. The molecule has 0 atom stereocenters. The predicted octanol–water partition coefficient (Wildman–Crippen LogP) is 3.50. The molecule has 2 N–H and O–H groups in total. The Balaban J connectivity index is 1.79. The fraction of sp³-hybridized carbons (Fsp3) is 0.444. The number of hydrogen-bond donors (Lipinski definition) is 2. The van der Waals surface area contributed by atoms with Crippen molar-refractivity contribution in [3.05, 3.63) is 34.7 Å². The van der Waals surface area contributed by atoms with E-state index in [4.69, 9.17) is 4.42 Å². The maximum atomic E-state index is 12.4. The molecule has 0 saturated heterocycles. The highest BCUT2D eigenvalue weighted by atomic mass is 16.4. The summed E-state index contributed by atoms with van der Waals surface area (Å²) >= 11 is 0. The summed E-state index contributed by atoms with van der Waals surface area (Å²) in [7, 11) is 0. The first-order valence-electron chi connectivity index (χ1n) is 8.35. The molecule has 5 heteroatoms. The van der Waals surface area contributed by atoms with E-state index in [0.717, 1.165) is 31.1 Å². The molecule has 0 bridgehead atoms. The van der Waals surface area contributed by atoms with Crippen molar-refractivity contribution in [2.45, 2.75) is 44.6 Å². The molecule has 0 radical (unpaired) electrons. The number of carbonyl (C=O) groups excluding carboxylic acids is 1. The number of hydrogen-bond acceptors (Lipinski definition) is 4. The van der Waals surface area contributed by atoms with Crippen molar-refractivity contribution < 1.29 is 9.21 Å². The normalized spacial score (nSPS) is 18.3. The Morgan fingerprint density at radius 2 is 1.78 bits per heavy atom. The quantitative estimate of drug-likeness (QED) is 0.848. The van der Waals surface area contributed by atoms with Gasteiger partial charge in [-0.25, -0.2) is 4.79 Å². The Hall–Kier alpha value is -2.30. The average Bonchev–Trinajstić information content (AvgIpc) is 3.28. The van der Waals surface area contributed by atoms with Crippen LogP contribution in [0.25, 0.3) is 11.0 Å². The maximum absolute atomic E-state index is 12.4. The summed E-state index contributed by atoms with van der Waals surface area (Å²) in [4.78, 5) is 24.5. The number of anilines is 2. The molecule has 1 heterocycles. The number of fused-ring (bicyclic) bond motifs is 1. The highest BCUT2D eigenvalue weighted by Gasteiger charge is 2.31. The Morgan fingerprint density at radius 3 is 2.52 bits per heavy atom. The maximum Gasteiger partial charge on any atom is 0.362 e. The number of nitrogens with one attached hydrogen (secondary N) is 2. The van der Waals surface area contributed by atoms with Crippen LogP contribution < -0.4 is 16.3 Å². The molecule has 1 aromatic heterocycles. The average molecular weight is 312 g/mol. The van der Waals surface area contributed by atoms with Crippen molar-refractivity contribution >= 4 is 28.3 Å². The van der Waals surface area contributed by atoms with Gasteiger partial charge in [-0.3, -0.25) is 4.79 Å². The van der Waals surface area contributed by atoms with Crippen LogP contribution in [-0.2, 0) is 4.79 Å². The topological polar surface area (TPSA) is 71.3 Å². The van der Waals surface area contributed by atoms with Gasteiger partial charge in [0.05, 0.1) is 5.69 Å². The number of para-hydroxylation sites is 1. The van der Waals surface area contributed by atoms with Crippen molar-refractivity contribution in [1.29, 1.82) is 0 Å². The molecular formula is C18H20N2O3. The van der Waals surface area contributed by atoms with Gasteiger partial charge < -0.3 is 15.1 Å². The molecule has 2 fully saturated rings. The van der Waals surface area contributed by atoms with Gasteiger partial charge in [0.25, 0.3) is 0 Å². The van der Waals surface area contributed by atoms with Gasteiger partial charge in [0.15, 0.2) is 5.69 Å². The van der Waals surface area contributed by atoms with Crippen LogP contribution in [0.4, 0.5) is 11.4 Å². The lowest BCUT2D eigenvalue weighted by Gasteiger charge is -2.18. The molecule has 2 aliphatic rings. The van der Waals surface area contributed by atoms with Crippen LogP contribution in [0.15, 0.2) is 33.5 Å². The van der Waals surface area contributed by atoms with Gasteiger partial charge in [0.1, 0.15) is 5.58 Å². The minimum absolute atomic E-state index is 0.0419. The van der Waals surface area contributed by atoms with E-state index >= 15 is 0 Å². The lowest BCUT2D eigenvalue weighted by Crippen LogP contribution is -2.23. The van der Waals surface area contributed by atoms with E-state index in [9.17, 15) is 9.59 Å². The summed E-state index contributed by atoms with van der Waals surface area (Å²) in [6, 6.07) is 7.80. The van der Waals surface area contributed by atoms with Gasteiger partial charge in [0, 0.05) is 17.3 Å². The second-order valence-corrected chi connectivity index (χ2v) is 6.52. The first kappa shape index (κ1) is 14.3. The van der Waals surface area contributed by atoms with Crippen LogP contribution in [0, 0.1) is 5.92 Å². The molecular weight excluding hydrogens is 292 g/mol. The SMILES string of the molecule is O=C(Nc1c(NC2CCCC2)c2ccccc2oc1=O)C1CC1. The second kappa shape index (κ2) is 5.72. The molecule has 0 spiro atoms. The molecule has 0 aliphatic heterocycles. The van der Waals surface area contributed by atoms with E-state index in [1.165, 1.54) is 12.8 Å². The van der Waals surface area contributed by atoms with E-state index in [1.54, 1.807) is 6.07 Å². The van der Waals surface area contributed by atoms with Crippen molar-refractivity contribution in [3.8, 4) is 0 Å². The standard InChI is InChI=1S/C18H20N2O3/c21-17(11-9-10-11)20-16-15(19-12-5-1-2-6-12)13-7-3-4-8-14(13)23-18(16)22/h3-4,7-8,11-12,19H,1-2,5-6,9-10H2,(H,20,21). The van der Waals surface area contributed by atoms with E-state index < -0.39 is 5.63 Å². The van der Waals surface area contributed by atoms with Crippen LogP contribution in [-0.4, -0.2) is 11.9 Å². The van der Waals surface area contributed by atoms with E-state index in [2.05, 4.69) is 10.6 Å². The zero-order valence-electron chi connectivity index (χ0n) is 12.9. The summed E-state index contributed by atoms with van der Waals surface area (Å²) < 4.78 is 5.39. The molecule has 23 heavy (non-hydrogen) atoms. The Bertz CT molecular complexity index is 802. The van der Waals surface area contributed by atoms with Crippen molar-refractivity contribution in [3.63, 3.8) is 0 Å². The highest BCUT2D eigenvalue weighted by molar-refractivity contribution is 6.03. The van der Waals surface area contributed by atoms with Crippen molar-refractivity contribution in [2.75, 3.05) is 10.6 Å². The van der Waals surface area contributed by atoms with E-state index in [-0.39, 0.29) is 17.5 Å². The molecule has 5 nitrogen and oxygen atoms in total. The summed E-state index contributed by atoms with van der Waals surface area (Å²) in [5, 5.41) is 7.12. The van der Waals surface area contributed by atoms with Gasteiger partial charge in [0.2, 0.25) is 5.91 Å². The lowest BCUT2D eigenvalue weighted by atomic mass is 10.1. The zero-order valence-corrected chi connectivity index (χ0v) is 12.9. The van der Waals surface area contributed by atoms with Gasteiger partial charge in [-0.05, 0) is 37.8 Å². The van der Waals surface area contributed by atoms with Gasteiger partial charge >= 0.3 is 5.63 Å². The van der Waals surface area contributed by atoms with E-state index in [0.29, 0.717) is 17.3 Å². The van der Waals surface area contributed by atoms with Gasteiger partial charge in [-0.2, -0.15) is 0 Å². The fourth-order valence-corrected chi connectivity index (χ4v) is 3.26. The first-order chi connectivity index (χ1) is 11.2. The third-order valence-electron chi connectivity index (χ3n) is 4.71. The minimum atomic E-state index is -0.488. The molecule has 4 rings (SSSR count). The van der Waals surface area contributed by atoms with Crippen LogP contribution in [0.3, 0.4) is 0 Å². The third-order valence-corrected chi connectivity index (χ3v) is 4.71. The van der Waals surface area contributed by atoms with Gasteiger partial charge in [-0.1, -0.05) is 25.0 Å². The number of amides is 1. The highest BCUT2D eigenvalue weighted by Crippen LogP contribution is 2.34. The fourth-order valence-electron chi connectivity index (χ4n) is 3.26. The molecule has 2 aromatic rings. The van der Waals surface area contributed by atoms with Crippen LogP contribution in [0.5, 0.6) is 0 Å². The summed E-state index contributed by atoms with van der Waals surface area (Å²) in [6.45, 7) is 0. The number of rotatable bonds is 4. The third kappa shape index (κ3) is 2.83. The lowest BCUT2D eigenvalue weighted by molar-refractivity contribution is -0.117. The van der Waals surface area contributed by atoms with Crippen LogP contribution in [0.2, 0.25) is 0 Å². The monoisotopic (exact) mass is 312 g/mol. The molecule has 1 aromatic carbocycles. The molecule has 120 valence electrons. The molecule has 2 saturated carbocycles. The molecule has 1 amide bonds. The Kier molecular flexibility index (Phi) is 3.56. The van der Waals surface area contributed by atoms with Crippen molar-refractivity contribution in [2.24, 2.45) is 5.92 Å². The smallest absolute Gasteiger partial charge is 0.362 e. The first-order valence-corrected chi connectivity index (χ1v) is 8.35. The molecule has 2 aliphatic carbocycles. The van der Waals surface area contributed by atoms with Crippen LogP contribution >= 0.6 is 0 Å². The molecule has 0 unspecified atom stereocenters. The second-order valence-electron chi connectivity index (χ2n) is 6.52. The summed E-state index contributed by atoms with van der Waals surface area (Å²) in [5.41, 5.74) is 1.02. The van der Waals surface area contributed by atoms with Gasteiger partial charge in [-0.15, -0.1) is 0 Å². The Labute approximate surface area is 134 Å². The number of benzene rings is 1. The van der Waals surface area contributed by atoms with E-state index in [1.807, 2.05) is 18.2 Å². The largest absolute Gasteiger partial charge is 0.421 e. The van der Waals surface area contributed by atoms with Crippen LogP contribution in [0.1, 0.15) is 38.5 Å². The Morgan fingerprint density at radius 1 is 1.04 bits per heavy atom. The minimum Gasteiger partial charge on any atom is -0.421 e. The zero-order chi connectivity index (χ0) is 15.8. The van der Waals surface area contributed by atoms with Crippen molar-refractivity contribution in [1.82, 2.24) is 0 Å².